The number of fused-ring (bicyclic) bond motifs is 15. The molecule has 7 aromatic carbocycles. The predicted molar refractivity (Wildman–Crippen MR) is 224 cm³/mol. The van der Waals surface area contributed by atoms with E-state index >= 15 is 0 Å². The fourth-order valence-electron chi connectivity index (χ4n) is 9.28. The van der Waals surface area contributed by atoms with Gasteiger partial charge in [-0.05, 0) is 48.3 Å². The third-order valence-corrected chi connectivity index (χ3v) is 11.5. The number of hydrogen-bond donors (Lipinski definition) is 0. The molecule has 6 heterocycles. The molecule has 0 saturated carbocycles. The first-order valence-electron chi connectivity index (χ1n) is 19.8. The van der Waals surface area contributed by atoms with Gasteiger partial charge in [0, 0.05) is 81.4 Å². The van der Waals surface area contributed by atoms with Crippen molar-refractivity contribution in [1.29, 1.82) is 0 Å². The smallest absolute Gasteiger partial charge is 0.143 e. The predicted octanol–water partition coefficient (Wildman–Crippen LogP) is 12.1. The van der Waals surface area contributed by atoms with Gasteiger partial charge in [-0.3, -0.25) is 0 Å². The summed E-state index contributed by atoms with van der Waals surface area (Å²) in [6, 6.07) is 55.1. The summed E-state index contributed by atoms with van der Waals surface area (Å²) in [6.07, 6.45) is 1.85. The number of aromatic nitrogens is 3. The summed E-state index contributed by atoms with van der Waals surface area (Å²) in [4.78, 5) is 8.37. The van der Waals surface area contributed by atoms with Gasteiger partial charge in [-0.25, -0.2) is 4.98 Å². The Bertz CT molecular complexity index is 3610. The molecule has 2 aliphatic heterocycles. The maximum atomic E-state index is 8.36. The van der Waals surface area contributed by atoms with Gasteiger partial charge in [0.1, 0.15) is 5.65 Å². The molecule has 0 radical (unpaired) electrons. The summed E-state index contributed by atoms with van der Waals surface area (Å²) in [6.45, 7) is -0.719. The van der Waals surface area contributed by atoms with Gasteiger partial charge in [-0.15, -0.1) is 35.2 Å². The Balaban J connectivity index is 0.00000377. The third-order valence-electron chi connectivity index (χ3n) is 11.5. The molecule has 2 aliphatic rings. The van der Waals surface area contributed by atoms with Gasteiger partial charge < -0.3 is 23.3 Å². The van der Waals surface area contributed by atoms with Gasteiger partial charge >= 0.3 is 0 Å². The molecule has 6 nitrogen and oxygen atoms in total. The maximum Gasteiger partial charge on any atom is 0.143 e. The molecule has 4 aromatic heterocycles. The quantitative estimate of drug-likeness (QED) is 0.162. The van der Waals surface area contributed by atoms with Crippen molar-refractivity contribution in [3.8, 4) is 33.8 Å². The molecular formula is C49H28N5OPt-3. The van der Waals surface area contributed by atoms with Crippen molar-refractivity contribution in [2.45, 2.75) is 0 Å². The van der Waals surface area contributed by atoms with E-state index in [0.717, 1.165) is 82.7 Å². The standard InChI is InChI=1S/C49H28N5O.Pt/c1-51-28-52-44-26-29(21-23-34(44)31-10-2-3-11-32(31)36-15-7-19-42(51)47(36)52)55-30-22-24-35-38-16-8-20-43-48(38)54(45(35)27-30)49-40(17-9-25-50-49)39-14-6-13-37-33-12-4-5-18-41(33)53(43)46(37)39;/h2-25,28H,1H3;/q-3;/i1D3;. The van der Waals surface area contributed by atoms with E-state index in [1.807, 2.05) is 65.7 Å². The van der Waals surface area contributed by atoms with Crippen LogP contribution in [-0.2, 0) is 21.1 Å². The Morgan fingerprint density at radius 3 is 2.14 bits per heavy atom. The SMILES string of the molecule is [2H]C([2H])([2H])N1[CH-]N2c3[c-]c(Oc4[c-]c5c(cc4)c4cccc6c4n5c4ncccc4c4cccc5c7ccccc7n6c54)ccc3-c3ccccc3-c3cccc1c32.[Pt]. The average Bonchev–Trinajstić information content (AvgIpc) is 3.89. The van der Waals surface area contributed by atoms with Crippen molar-refractivity contribution in [3.63, 3.8) is 0 Å². The Morgan fingerprint density at radius 1 is 0.571 bits per heavy atom. The molecule has 0 spiro atoms. The molecule has 11 aromatic rings. The van der Waals surface area contributed by atoms with Gasteiger partial charge in [0.2, 0.25) is 0 Å². The minimum Gasteiger partial charge on any atom is -0.509 e. The summed E-state index contributed by atoms with van der Waals surface area (Å²) in [5.74, 6) is 0.995. The summed E-state index contributed by atoms with van der Waals surface area (Å²) in [7, 11) is 0. The summed E-state index contributed by atoms with van der Waals surface area (Å²) in [5.41, 5.74) is 12.1. The van der Waals surface area contributed by atoms with Crippen molar-refractivity contribution in [1.82, 2.24) is 13.8 Å². The van der Waals surface area contributed by atoms with E-state index < -0.39 is 6.98 Å². The number of para-hydroxylation sites is 4. The summed E-state index contributed by atoms with van der Waals surface area (Å²) >= 11 is 0. The second-order valence-corrected chi connectivity index (χ2v) is 14.3. The first-order valence-corrected chi connectivity index (χ1v) is 18.3. The van der Waals surface area contributed by atoms with Crippen LogP contribution in [0.2, 0.25) is 0 Å². The van der Waals surface area contributed by atoms with Crippen molar-refractivity contribution in [2.24, 2.45) is 0 Å². The fraction of sp³-hybridized carbons (Fsp3) is 0.0204. The second-order valence-electron chi connectivity index (χ2n) is 14.3. The number of rotatable bonds is 2. The van der Waals surface area contributed by atoms with E-state index in [1.165, 1.54) is 15.7 Å². The van der Waals surface area contributed by atoms with E-state index in [9.17, 15) is 0 Å². The van der Waals surface area contributed by atoms with Crippen LogP contribution in [0.1, 0.15) is 4.11 Å². The normalized spacial score (nSPS) is 14.2. The van der Waals surface area contributed by atoms with E-state index in [4.69, 9.17) is 13.8 Å². The molecule has 0 amide bonds. The zero-order valence-corrected chi connectivity index (χ0v) is 31.7. The van der Waals surface area contributed by atoms with Crippen LogP contribution in [0.5, 0.6) is 11.5 Å². The molecule has 0 unspecified atom stereocenters. The first kappa shape index (κ1) is 28.8. The van der Waals surface area contributed by atoms with Crippen LogP contribution < -0.4 is 14.5 Å². The maximum absolute atomic E-state index is 8.36. The molecule has 268 valence electrons. The second kappa shape index (κ2) is 11.5. The van der Waals surface area contributed by atoms with Gasteiger partial charge in [-0.1, -0.05) is 102 Å². The van der Waals surface area contributed by atoms with Crippen molar-refractivity contribution < 1.29 is 29.9 Å². The number of hydrogen-bond acceptors (Lipinski definition) is 4. The topological polar surface area (TPSA) is 37.4 Å². The monoisotopic (exact) mass is 900 g/mol. The van der Waals surface area contributed by atoms with E-state index in [-0.39, 0.29) is 21.1 Å². The van der Waals surface area contributed by atoms with Crippen molar-refractivity contribution in [3.05, 3.63) is 165 Å². The Hall–Kier alpha value is -6.62. The van der Waals surface area contributed by atoms with Gasteiger partial charge in [0.05, 0.1) is 22.1 Å². The average molecular weight is 901 g/mol. The zero-order chi connectivity index (χ0) is 38.4. The van der Waals surface area contributed by atoms with Gasteiger partial charge in [-0.2, -0.15) is 18.8 Å². The van der Waals surface area contributed by atoms with Gasteiger partial charge in [0.25, 0.3) is 0 Å². The number of pyridine rings is 1. The minimum atomic E-state index is -2.38. The molecule has 0 N–H and O–H groups in total. The largest absolute Gasteiger partial charge is 0.509 e. The van der Waals surface area contributed by atoms with E-state index in [2.05, 4.69) is 106 Å². The van der Waals surface area contributed by atoms with Crippen LogP contribution in [0.25, 0.3) is 87.8 Å². The molecule has 0 fully saturated rings. The van der Waals surface area contributed by atoms with Crippen LogP contribution in [0, 0.1) is 18.8 Å². The molecule has 0 bridgehead atoms. The molecule has 56 heavy (non-hydrogen) atoms. The van der Waals surface area contributed by atoms with Crippen molar-refractivity contribution >= 4 is 82.6 Å². The van der Waals surface area contributed by atoms with Crippen LogP contribution in [0.4, 0.5) is 17.1 Å². The Morgan fingerprint density at radius 2 is 1.25 bits per heavy atom. The minimum absolute atomic E-state index is 0. The van der Waals surface area contributed by atoms with E-state index in [0.29, 0.717) is 22.9 Å². The first-order chi connectivity index (χ1) is 28.4. The zero-order valence-electron chi connectivity index (χ0n) is 32.4. The molecule has 0 saturated heterocycles. The molecule has 7 heteroatoms. The molecule has 0 aliphatic carbocycles. The van der Waals surface area contributed by atoms with Crippen LogP contribution in [-0.4, -0.2) is 20.8 Å². The van der Waals surface area contributed by atoms with Crippen LogP contribution >= 0.6 is 0 Å². The fourth-order valence-corrected chi connectivity index (χ4v) is 9.28. The Kier molecular flexibility index (Phi) is 5.88. The molecular weight excluding hydrogens is 870 g/mol. The van der Waals surface area contributed by atoms with Gasteiger partial charge in [0.15, 0.2) is 0 Å². The van der Waals surface area contributed by atoms with Crippen molar-refractivity contribution in [2.75, 3.05) is 16.8 Å². The molecule has 0 atom stereocenters. The van der Waals surface area contributed by atoms with E-state index in [1.54, 1.807) is 6.67 Å². The number of benzene rings is 7. The summed E-state index contributed by atoms with van der Waals surface area (Å²) < 4.78 is 36.4. The number of anilines is 3. The number of ether oxygens (including phenoxy) is 1. The third kappa shape index (κ3) is 4.06. The Labute approximate surface area is 339 Å². The van der Waals surface area contributed by atoms with Crippen LogP contribution in [0.15, 0.2) is 146 Å². The molecule has 13 rings (SSSR count). The number of nitrogens with zero attached hydrogens (tertiary/aromatic N) is 5. The summed E-state index contributed by atoms with van der Waals surface area (Å²) in [5, 5.41) is 6.65. The van der Waals surface area contributed by atoms with Crippen LogP contribution in [0.3, 0.4) is 0 Å².